The highest BCUT2D eigenvalue weighted by atomic mass is 32.3. The Kier molecular flexibility index (Phi) is 15.8. The number of nitrogens with zero attached hydrogens (tertiary/aromatic N) is 2. The van der Waals surface area contributed by atoms with E-state index in [4.69, 9.17) is 21.8 Å². The van der Waals surface area contributed by atoms with Crippen LogP contribution >= 0.6 is 0 Å². The van der Waals surface area contributed by atoms with Gasteiger partial charge in [-0.25, -0.2) is 4.79 Å². The third-order valence-electron chi connectivity index (χ3n) is 7.71. The first kappa shape index (κ1) is 41.6. The van der Waals surface area contributed by atoms with Crippen molar-refractivity contribution in [1.82, 2.24) is 20.9 Å². The maximum atomic E-state index is 13.9. The number of aliphatic imine (C=N–C) groups is 1. The Hall–Kier alpha value is -4.53. The Labute approximate surface area is 290 Å². The predicted octanol–water partition coefficient (Wildman–Crippen LogP) is -2.25. The van der Waals surface area contributed by atoms with Crippen molar-refractivity contribution >= 4 is 46.0 Å². The fourth-order valence-electron chi connectivity index (χ4n) is 5.28. The van der Waals surface area contributed by atoms with Crippen LogP contribution in [-0.4, -0.2) is 113 Å². The first-order valence-electron chi connectivity index (χ1n) is 16.0. The number of aliphatic carboxylic acids is 1. The molecule has 2 rings (SSSR count). The number of carbonyl (C=O) groups is 5. The minimum absolute atomic E-state index is 0.118. The van der Waals surface area contributed by atoms with Crippen molar-refractivity contribution < 1.29 is 51.3 Å². The Bertz CT molecular complexity index is 1480. The van der Waals surface area contributed by atoms with Crippen LogP contribution in [0.2, 0.25) is 0 Å². The number of carboxylic acid groups (broad SMARTS) is 1. The van der Waals surface area contributed by atoms with E-state index >= 15 is 0 Å². The fraction of sp³-hybridized carbons (Fsp3) is 0.600. The Morgan fingerprint density at radius 3 is 2.18 bits per heavy atom. The zero-order valence-electron chi connectivity index (χ0n) is 28.2. The summed E-state index contributed by atoms with van der Waals surface area (Å²) in [5.74, 6) is -4.70. The average molecular weight is 729 g/mol. The normalized spacial score (nSPS) is 17.5. The van der Waals surface area contributed by atoms with Crippen molar-refractivity contribution in [3.05, 3.63) is 29.8 Å². The number of hydrogen-bond donors (Lipinski definition) is 9. The van der Waals surface area contributed by atoms with Gasteiger partial charge < -0.3 is 52.4 Å². The van der Waals surface area contributed by atoms with Crippen molar-refractivity contribution in [2.75, 3.05) is 13.1 Å². The molecule has 6 atom stereocenters. The maximum absolute atomic E-state index is 13.9. The summed E-state index contributed by atoms with van der Waals surface area (Å²) < 4.78 is 35.5. The van der Waals surface area contributed by atoms with Crippen LogP contribution in [0.4, 0.5) is 0 Å². The smallest absolute Gasteiger partial charge is 0.446 e. The van der Waals surface area contributed by atoms with Gasteiger partial charge in [0.2, 0.25) is 23.6 Å². The van der Waals surface area contributed by atoms with Gasteiger partial charge in [0.25, 0.3) is 0 Å². The summed E-state index contributed by atoms with van der Waals surface area (Å²) in [5.41, 5.74) is 17.1. The van der Waals surface area contributed by atoms with E-state index in [0.29, 0.717) is 18.4 Å². The van der Waals surface area contributed by atoms with Crippen molar-refractivity contribution in [2.45, 2.75) is 95.6 Å². The van der Waals surface area contributed by atoms with E-state index in [1.54, 1.807) is 0 Å². The number of carbonyl (C=O) groups excluding carboxylic acids is 4. The molecule has 50 heavy (non-hydrogen) atoms. The summed E-state index contributed by atoms with van der Waals surface area (Å²) in [6.07, 6.45) is -0.217. The molecule has 12 N–H and O–H groups in total. The standard InChI is InChI=1S/C30H48N8O11S/c1-16(2)14-22(28(43)38-13-5-7-23(38)27(42)37-24(17(3)39)29(44)45)36-26(41)21(35-25(40)20(31)6-4-12-34-30(32)33)15-18-8-10-19(11-9-18)49-50(46,47)48/h8-11,16-17,20-24,39H,4-7,12-15,31H2,1-3H3,(H,35,40)(H,36,41)(H,37,42)(H,44,45)(H4,32,33,34)(H,46,47,48)/t17-,20+,21+,22+,23+,24+/m1/s1. The van der Waals surface area contributed by atoms with Crippen molar-refractivity contribution in [1.29, 1.82) is 0 Å². The number of nitrogens with one attached hydrogen (secondary N) is 3. The molecular weight excluding hydrogens is 680 g/mol. The number of amides is 4. The minimum atomic E-state index is -4.78. The van der Waals surface area contributed by atoms with Gasteiger partial charge in [0.15, 0.2) is 12.0 Å². The molecule has 1 aliphatic rings. The molecule has 20 heteroatoms. The first-order valence-corrected chi connectivity index (χ1v) is 17.3. The Morgan fingerprint density at radius 1 is 1.02 bits per heavy atom. The highest BCUT2D eigenvalue weighted by Gasteiger charge is 2.40. The molecule has 1 aromatic rings. The average Bonchev–Trinajstić information content (AvgIpc) is 3.50. The molecule has 0 radical (unpaired) electrons. The second kappa shape index (κ2) is 19.0. The lowest BCUT2D eigenvalue weighted by Crippen LogP contribution is -2.59. The number of guanidine groups is 1. The van der Waals surface area contributed by atoms with Crippen LogP contribution < -0.4 is 37.3 Å². The molecule has 1 heterocycles. The van der Waals surface area contributed by atoms with Gasteiger partial charge in [0, 0.05) is 19.5 Å². The zero-order valence-corrected chi connectivity index (χ0v) is 29.0. The largest absolute Gasteiger partial charge is 0.480 e. The first-order chi connectivity index (χ1) is 23.3. The second-order valence-electron chi connectivity index (χ2n) is 12.4. The lowest BCUT2D eigenvalue weighted by molar-refractivity contribution is -0.147. The predicted molar refractivity (Wildman–Crippen MR) is 180 cm³/mol. The fourth-order valence-corrected chi connectivity index (χ4v) is 5.64. The quantitative estimate of drug-likeness (QED) is 0.0315. The number of nitrogens with two attached hydrogens (primary N) is 3. The third-order valence-corrected chi connectivity index (χ3v) is 8.11. The van der Waals surface area contributed by atoms with Gasteiger partial charge in [-0.1, -0.05) is 26.0 Å². The van der Waals surface area contributed by atoms with Crippen LogP contribution in [0, 0.1) is 5.92 Å². The molecule has 0 bridgehead atoms. The summed E-state index contributed by atoms with van der Waals surface area (Å²) in [4.78, 5) is 70.5. The number of carboxylic acids is 1. The number of rotatable bonds is 19. The number of benzene rings is 1. The Balaban J connectivity index is 2.32. The van der Waals surface area contributed by atoms with Crippen LogP contribution in [0.5, 0.6) is 5.75 Å². The summed E-state index contributed by atoms with van der Waals surface area (Å²) in [5, 5.41) is 26.8. The van der Waals surface area contributed by atoms with E-state index in [1.165, 1.54) is 36.1 Å². The summed E-state index contributed by atoms with van der Waals surface area (Å²) in [7, 11) is -4.78. The molecular formula is C30H48N8O11S. The number of aliphatic hydroxyl groups excluding tert-OH is 1. The van der Waals surface area contributed by atoms with E-state index in [0.717, 1.165) is 0 Å². The topological polar surface area (TPSA) is 319 Å². The number of aliphatic hydroxyl groups is 1. The monoisotopic (exact) mass is 728 g/mol. The van der Waals surface area contributed by atoms with Crippen LogP contribution in [0.15, 0.2) is 29.3 Å². The molecule has 1 saturated heterocycles. The van der Waals surface area contributed by atoms with Gasteiger partial charge in [-0.05, 0) is 62.6 Å². The number of likely N-dealkylation sites (tertiary alicyclic amines) is 1. The Morgan fingerprint density at radius 2 is 1.64 bits per heavy atom. The van der Waals surface area contributed by atoms with Gasteiger partial charge in [0.1, 0.15) is 23.9 Å². The zero-order chi connectivity index (χ0) is 37.8. The van der Waals surface area contributed by atoms with Crippen LogP contribution in [0.3, 0.4) is 0 Å². The van der Waals surface area contributed by atoms with Crippen LogP contribution in [0.25, 0.3) is 0 Å². The van der Waals surface area contributed by atoms with E-state index in [9.17, 15) is 42.6 Å². The van der Waals surface area contributed by atoms with E-state index < -0.39 is 76.3 Å². The molecule has 0 aliphatic carbocycles. The maximum Gasteiger partial charge on any atom is 0.446 e. The number of hydrogen-bond acceptors (Lipinski definition) is 11. The van der Waals surface area contributed by atoms with E-state index in [-0.39, 0.29) is 56.4 Å². The molecule has 0 aromatic heterocycles. The lowest BCUT2D eigenvalue weighted by atomic mass is 10.00. The molecule has 280 valence electrons. The molecule has 0 unspecified atom stereocenters. The second-order valence-corrected chi connectivity index (χ2v) is 13.4. The van der Waals surface area contributed by atoms with Crippen molar-refractivity contribution in [3.8, 4) is 5.75 Å². The minimum Gasteiger partial charge on any atom is -0.480 e. The van der Waals surface area contributed by atoms with Crippen molar-refractivity contribution in [3.63, 3.8) is 0 Å². The lowest BCUT2D eigenvalue weighted by Gasteiger charge is -2.31. The molecule has 0 saturated carbocycles. The molecule has 1 aromatic carbocycles. The van der Waals surface area contributed by atoms with Crippen LogP contribution in [0.1, 0.15) is 58.4 Å². The molecule has 0 spiro atoms. The van der Waals surface area contributed by atoms with Crippen molar-refractivity contribution in [2.24, 2.45) is 28.1 Å². The van der Waals surface area contributed by atoms with E-state index in [2.05, 4.69) is 25.1 Å². The summed E-state index contributed by atoms with van der Waals surface area (Å²) in [6.45, 7) is 5.21. The van der Waals surface area contributed by atoms with Gasteiger partial charge in [0.05, 0.1) is 12.1 Å². The summed E-state index contributed by atoms with van der Waals surface area (Å²) >= 11 is 0. The van der Waals surface area contributed by atoms with E-state index in [1.807, 2.05) is 13.8 Å². The molecule has 19 nitrogen and oxygen atoms in total. The molecule has 1 aliphatic heterocycles. The van der Waals surface area contributed by atoms with Crippen LogP contribution in [-0.2, 0) is 40.8 Å². The molecule has 1 fully saturated rings. The highest BCUT2D eigenvalue weighted by Crippen LogP contribution is 2.21. The van der Waals surface area contributed by atoms with Gasteiger partial charge in [-0.3, -0.25) is 28.7 Å². The van der Waals surface area contributed by atoms with Gasteiger partial charge >= 0.3 is 16.4 Å². The summed E-state index contributed by atoms with van der Waals surface area (Å²) in [6, 6.07) is -0.876. The third kappa shape index (κ3) is 13.8. The van der Waals surface area contributed by atoms with Gasteiger partial charge in [-0.2, -0.15) is 8.42 Å². The highest BCUT2D eigenvalue weighted by molar-refractivity contribution is 7.81. The SMILES string of the molecule is CC(C)C[C@H](NC(=O)[C@H](Cc1ccc(OS(=O)(=O)O)cc1)NC(=O)[C@@H](N)CCCN=C(N)N)C(=O)N1CCC[C@H]1C(=O)N[C@H](C(=O)O)[C@@H](C)O. The van der Waals surface area contributed by atoms with Gasteiger partial charge in [-0.15, -0.1) is 0 Å². The molecule has 4 amide bonds.